The van der Waals surface area contributed by atoms with E-state index in [2.05, 4.69) is 10.3 Å². The van der Waals surface area contributed by atoms with E-state index < -0.39 is 5.91 Å². The minimum absolute atomic E-state index is 0.432. The summed E-state index contributed by atoms with van der Waals surface area (Å²) in [6.45, 7) is 0.595. The van der Waals surface area contributed by atoms with Gasteiger partial charge in [-0.15, -0.1) is 0 Å². The minimum atomic E-state index is -0.432. The SMILES string of the molecule is NC(=O)c1ccc(NCc2ccncc2Cl)cc1. The number of rotatable bonds is 4. The Bertz CT molecular complexity index is 554. The molecule has 0 aliphatic heterocycles. The molecular weight excluding hydrogens is 250 g/mol. The molecule has 0 radical (unpaired) electrons. The molecule has 92 valence electrons. The van der Waals surface area contributed by atoms with Crippen molar-refractivity contribution in [2.24, 2.45) is 5.73 Å². The Hall–Kier alpha value is -2.07. The molecule has 1 heterocycles. The Balaban J connectivity index is 2.02. The number of hydrogen-bond acceptors (Lipinski definition) is 3. The van der Waals surface area contributed by atoms with Gasteiger partial charge in [0.25, 0.3) is 0 Å². The highest BCUT2D eigenvalue weighted by Gasteiger charge is 2.01. The average molecular weight is 262 g/mol. The van der Waals surface area contributed by atoms with Crippen molar-refractivity contribution in [3.8, 4) is 0 Å². The highest BCUT2D eigenvalue weighted by Crippen LogP contribution is 2.16. The first-order valence-electron chi connectivity index (χ1n) is 5.39. The molecule has 0 fully saturated rings. The van der Waals surface area contributed by atoms with E-state index >= 15 is 0 Å². The minimum Gasteiger partial charge on any atom is -0.381 e. The molecule has 0 bridgehead atoms. The molecular formula is C13H12ClN3O. The molecule has 0 saturated heterocycles. The first-order chi connectivity index (χ1) is 8.66. The van der Waals surface area contributed by atoms with Crippen LogP contribution in [-0.4, -0.2) is 10.9 Å². The Kier molecular flexibility index (Phi) is 3.79. The number of carbonyl (C=O) groups excluding carboxylic acids is 1. The Labute approximate surface area is 110 Å². The molecule has 1 aromatic heterocycles. The average Bonchev–Trinajstić information content (AvgIpc) is 2.38. The number of nitrogens with one attached hydrogen (secondary N) is 1. The maximum absolute atomic E-state index is 10.9. The molecule has 0 spiro atoms. The summed E-state index contributed by atoms with van der Waals surface area (Å²) in [6.07, 6.45) is 3.30. The number of halogens is 1. The standard InChI is InChI=1S/C13H12ClN3O/c14-12-8-16-6-5-10(12)7-17-11-3-1-9(2-4-11)13(15)18/h1-6,8,17H,7H2,(H2,15,18). The number of benzene rings is 1. The maximum Gasteiger partial charge on any atom is 0.248 e. The predicted octanol–water partition coefficient (Wildman–Crippen LogP) is 2.45. The van der Waals surface area contributed by atoms with Crippen molar-refractivity contribution in [3.63, 3.8) is 0 Å². The zero-order valence-corrected chi connectivity index (χ0v) is 10.3. The second kappa shape index (κ2) is 5.51. The lowest BCUT2D eigenvalue weighted by molar-refractivity contribution is 0.100. The van der Waals surface area contributed by atoms with Gasteiger partial charge in [0.15, 0.2) is 0 Å². The van der Waals surface area contributed by atoms with Crippen LogP contribution in [0.4, 0.5) is 5.69 Å². The fourth-order valence-electron chi connectivity index (χ4n) is 1.50. The third-order valence-corrected chi connectivity index (χ3v) is 2.85. The second-order valence-electron chi connectivity index (χ2n) is 3.76. The van der Waals surface area contributed by atoms with Gasteiger partial charge in [-0.1, -0.05) is 11.6 Å². The lowest BCUT2D eigenvalue weighted by Crippen LogP contribution is -2.10. The molecule has 2 rings (SSSR count). The van der Waals surface area contributed by atoms with E-state index in [1.54, 1.807) is 36.7 Å². The molecule has 2 aromatic rings. The first kappa shape index (κ1) is 12.4. The molecule has 1 amide bonds. The van der Waals surface area contributed by atoms with E-state index in [1.807, 2.05) is 6.07 Å². The Morgan fingerprint density at radius 3 is 2.61 bits per heavy atom. The van der Waals surface area contributed by atoms with E-state index in [0.29, 0.717) is 17.1 Å². The van der Waals surface area contributed by atoms with Crippen LogP contribution in [-0.2, 0) is 6.54 Å². The number of hydrogen-bond donors (Lipinski definition) is 2. The van der Waals surface area contributed by atoms with Crippen LogP contribution in [0.1, 0.15) is 15.9 Å². The van der Waals surface area contributed by atoms with Gasteiger partial charge in [0.1, 0.15) is 0 Å². The van der Waals surface area contributed by atoms with Crippen LogP contribution >= 0.6 is 11.6 Å². The van der Waals surface area contributed by atoms with Crippen molar-refractivity contribution >= 4 is 23.2 Å². The van der Waals surface area contributed by atoms with E-state index in [-0.39, 0.29) is 0 Å². The van der Waals surface area contributed by atoms with Crippen LogP contribution in [0.3, 0.4) is 0 Å². The van der Waals surface area contributed by atoms with E-state index in [4.69, 9.17) is 17.3 Å². The van der Waals surface area contributed by atoms with Gasteiger partial charge in [-0.25, -0.2) is 0 Å². The summed E-state index contributed by atoms with van der Waals surface area (Å²) in [6, 6.07) is 8.81. The first-order valence-corrected chi connectivity index (χ1v) is 5.77. The van der Waals surface area contributed by atoms with Crippen LogP contribution in [0.2, 0.25) is 5.02 Å². The monoisotopic (exact) mass is 261 g/mol. The normalized spacial score (nSPS) is 10.1. The number of nitrogens with two attached hydrogens (primary N) is 1. The topological polar surface area (TPSA) is 68.0 Å². The lowest BCUT2D eigenvalue weighted by Gasteiger charge is -2.08. The highest BCUT2D eigenvalue weighted by atomic mass is 35.5. The fourth-order valence-corrected chi connectivity index (χ4v) is 1.68. The molecule has 3 N–H and O–H groups in total. The van der Waals surface area contributed by atoms with Gasteiger partial charge in [-0.3, -0.25) is 9.78 Å². The van der Waals surface area contributed by atoms with Gasteiger partial charge in [0.05, 0.1) is 5.02 Å². The van der Waals surface area contributed by atoms with Crippen LogP contribution in [0.5, 0.6) is 0 Å². The van der Waals surface area contributed by atoms with Gasteiger partial charge in [0, 0.05) is 30.2 Å². The summed E-state index contributed by atoms with van der Waals surface area (Å²) in [5.74, 6) is -0.432. The Morgan fingerprint density at radius 2 is 2.00 bits per heavy atom. The van der Waals surface area contributed by atoms with Crippen molar-refractivity contribution < 1.29 is 4.79 Å². The molecule has 0 aliphatic rings. The zero-order valence-electron chi connectivity index (χ0n) is 9.56. The quantitative estimate of drug-likeness (QED) is 0.888. The molecule has 18 heavy (non-hydrogen) atoms. The number of pyridine rings is 1. The molecule has 5 heteroatoms. The smallest absolute Gasteiger partial charge is 0.248 e. The summed E-state index contributed by atoms with van der Waals surface area (Å²) in [5.41, 5.74) is 7.51. The van der Waals surface area contributed by atoms with Gasteiger partial charge in [0.2, 0.25) is 5.91 Å². The van der Waals surface area contributed by atoms with Crippen LogP contribution in [0, 0.1) is 0 Å². The van der Waals surface area contributed by atoms with E-state index in [9.17, 15) is 4.79 Å². The molecule has 0 unspecified atom stereocenters. The zero-order chi connectivity index (χ0) is 13.0. The summed E-state index contributed by atoms with van der Waals surface area (Å²) >= 11 is 5.99. The van der Waals surface area contributed by atoms with Gasteiger partial charge >= 0.3 is 0 Å². The van der Waals surface area contributed by atoms with Crippen molar-refractivity contribution in [2.75, 3.05) is 5.32 Å². The molecule has 1 aromatic carbocycles. The third kappa shape index (κ3) is 2.99. The number of nitrogens with zero attached hydrogens (tertiary/aromatic N) is 1. The second-order valence-corrected chi connectivity index (χ2v) is 4.17. The Morgan fingerprint density at radius 1 is 1.28 bits per heavy atom. The molecule has 0 saturated carbocycles. The number of aromatic nitrogens is 1. The van der Waals surface area contributed by atoms with Crippen LogP contribution in [0.25, 0.3) is 0 Å². The third-order valence-electron chi connectivity index (χ3n) is 2.51. The fraction of sp³-hybridized carbons (Fsp3) is 0.0769. The summed E-state index contributed by atoms with van der Waals surface area (Å²) in [4.78, 5) is 14.8. The number of anilines is 1. The molecule has 0 aliphatic carbocycles. The van der Waals surface area contributed by atoms with Gasteiger partial charge in [-0.2, -0.15) is 0 Å². The number of amides is 1. The van der Waals surface area contributed by atoms with Gasteiger partial charge < -0.3 is 11.1 Å². The summed E-state index contributed by atoms with van der Waals surface area (Å²) < 4.78 is 0. The van der Waals surface area contributed by atoms with Crippen LogP contribution < -0.4 is 11.1 Å². The van der Waals surface area contributed by atoms with Gasteiger partial charge in [-0.05, 0) is 35.9 Å². The predicted molar refractivity (Wildman–Crippen MR) is 71.5 cm³/mol. The highest BCUT2D eigenvalue weighted by molar-refractivity contribution is 6.31. The van der Waals surface area contributed by atoms with E-state index in [1.165, 1.54) is 0 Å². The van der Waals surface area contributed by atoms with Crippen molar-refractivity contribution in [3.05, 3.63) is 58.9 Å². The van der Waals surface area contributed by atoms with Crippen molar-refractivity contribution in [1.29, 1.82) is 0 Å². The van der Waals surface area contributed by atoms with E-state index in [0.717, 1.165) is 11.3 Å². The number of carbonyl (C=O) groups is 1. The van der Waals surface area contributed by atoms with Crippen LogP contribution in [0.15, 0.2) is 42.7 Å². The lowest BCUT2D eigenvalue weighted by atomic mass is 10.2. The number of primary amides is 1. The maximum atomic E-state index is 10.9. The van der Waals surface area contributed by atoms with Crippen molar-refractivity contribution in [2.45, 2.75) is 6.54 Å². The van der Waals surface area contributed by atoms with Crippen molar-refractivity contribution in [1.82, 2.24) is 4.98 Å². The molecule has 0 atom stereocenters. The molecule has 4 nitrogen and oxygen atoms in total. The summed E-state index contributed by atoms with van der Waals surface area (Å²) in [7, 11) is 0. The largest absolute Gasteiger partial charge is 0.381 e. The summed E-state index contributed by atoms with van der Waals surface area (Å²) in [5, 5.41) is 3.83.